The van der Waals surface area contributed by atoms with Crippen molar-refractivity contribution in [2.45, 2.75) is 19.9 Å². The molecule has 1 saturated heterocycles. The normalized spacial score (nSPS) is 16.5. The zero-order valence-electron chi connectivity index (χ0n) is 13.7. The van der Waals surface area contributed by atoms with Crippen molar-refractivity contribution in [2.24, 2.45) is 5.41 Å². The Kier molecular flexibility index (Phi) is 5.49. The summed E-state index contributed by atoms with van der Waals surface area (Å²) in [4.78, 5) is 5.22. The van der Waals surface area contributed by atoms with Gasteiger partial charge in [0.2, 0.25) is 0 Å². The van der Waals surface area contributed by atoms with Crippen LogP contribution in [-0.4, -0.2) is 42.9 Å². The van der Waals surface area contributed by atoms with Gasteiger partial charge in [0.1, 0.15) is 0 Å². The van der Waals surface area contributed by atoms with Gasteiger partial charge in [-0.1, -0.05) is 30.3 Å². The molecule has 124 valence electrons. The predicted octanol–water partition coefficient (Wildman–Crippen LogP) is 3.11. The molecule has 1 aromatic carbocycles. The van der Waals surface area contributed by atoms with Gasteiger partial charge in [-0.05, 0) is 31.0 Å². The van der Waals surface area contributed by atoms with E-state index in [4.69, 9.17) is 4.74 Å². The molecule has 0 saturated carbocycles. The standard InChI is InChI=1S/C19H25NO2S/c1-16-7-8-18(23-16)11-20(12-19(13-21)14-22-15-19)10-9-17-5-3-2-4-6-17/h2-8,21H,9-15H2,1H3. The molecule has 1 aliphatic rings. The third-order valence-electron chi connectivity index (χ3n) is 4.45. The number of nitrogens with zero attached hydrogens (tertiary/aromatic N) is 1. The van der Waals surface area contributed by atoms with E-state index in [0.29, 0.717) is 13.2 Å². The third-order valence-corrected chi connectivity index (χ3v) is 5.43. The second-order valence-electron chi connectivity index (χ2n) is 6.61. The molecule has 3 rings (SSSR count). The molecule has 1 aromatic heterocycles. The van der Waals surface area contributed by atoms with Crippen LogP contribution in [0.2, 0.25) is 0 Å². The smallest absolute Gasteiger partial charge is 0.0579 e. The minimum absolute atomic E-state index is 0.0665. The molecule has 0 unspecified atom stereocenters. The average Bonchev–Trinajstić information content (AvgIpc) is 2.94. The van der Waals surface area contributed by atoms with E-state index in [1.165, 1.54) is 15.3 Å². The average molecular weight is 331 g/mol. The number of hydrogen-bond donors (Lipinski definition) is 1. The van der Waals surface area contributed by atoms with Crippen LogP contribution in [0.1, 0.15) is 15.3 Å². The Morgan fingerprint density at radius 3 is 2.52 bits per heavy atom. The number of aryl methyl sites for hydroxylation is 1. The Labute approximate surface area is 142 Å². The summed E-state index contributed by atoms with van der Waals surface area (Å²) in [7, 11) is 0. The molecule has 23 heavy (non-hydrogen) atoms. The summed E-state index contributed by atoms with van der Waals surface area (Å²) in [6, 6.07) is 15.0. The lowest BCUT2D eigenvalue weighted by Gasteiger charge is -2.43. The van der Waals surface area contributed by atoms with Crippen LogP contribution in [0.15, 0.2) is 42.5 Å². The largest absolute Gasteiger partial charge is 0.396 e. The summed E-state index contributed by atoms with van der Waals surface area (Å²) in [5.41, 5.74) is 1.30. The van der Waals surface area contributed by atoms with Gasteiger partial charge in [0.05, 0.1) is 25.2 Å². The maximum atomic E-state index is 9.74. The van der Waals surface area contributed by atoms with E-state index in [-0.39, 0.29) is 12.0 Å². The van der Waals surface area contributed by atoms with Crippen LogP contribution in [-0.2, 0) is 17.7 Å². The fraction of sp³-hybridized carbons (Fsp3) is 0.474. The zero-order valence-corrected chi connectivity index (χ0v) is 14.5. The fourth-order valence-electron chi connectivity index (χ4n) is 3.03. The van der Waals surface area contributed by atoms with E-state index >= 15 is 0 Å². The van der Waals surface area contributed by atoms with Crippen LogP contribution in [0.4, 0.5) is 0 Å². The quantitative estimate of drug-likeness (QED) is 0.807. The Balaban J connectivity index is 1.65. The SMILES string of the molecule is Cc1ccc(CN(CCc2ccccc2)CC2(CO)COC2)s1. The topological polar surface area (TPSA) is 32.7 Å². The van der Waals surface area contributed by atoms with Gasteiger partial charge in [-0.25, -0.2) is 0 Å². The van der Waals surface area contributed by atoms with Crippen LogP contribution in [0.5, 0.6) is 0 Å². The molecule has 1 aliphatic heterocycles. The second kappa shape index (κ2) is 7.58. The molecule has 0 radical (unpaired) electrons. The minimum atomic E-state index is -0.0665. The maximum absolute atomic E-state index is 9.74. The summed E-state index contributed by atoms with van der Waals surface area (Å²) in [6.07, 6.45) is 1.04. The van der Waals surface area contributed by atoms with Crippen molar-refractivity contribution >= 4 is 11.3 Å². The van der Waals surface area contributed by atoms with E-state index in [1.54, 1.807) is 0 Å². The van der Waals surface area contributed by atoms with Gasteiger partial charge in [-0.2, -0.15) is 0 Å². The molecular formula is C19H25NO2S. The molecule has 0 amide bonds. The highest BCUT2D eigenvalue weighted by Gasteiger charge is 2.39. The van der Waals surface area contributed by atoms with Gasteiger partial charge in [0.25, 0.3) is 0 Å². The summed E-state index contributed by atoms with van der Waals surface area (Å²) < 4.78 is 5.36. The molecule has 0 bridgehead atoms. The maximum Gasteiger partial charge on any atom is 0.0579 e. The highest BCUT2D eigenvalue weighted by atomic mass is 32.1. The van der Waals surface area contributed by atoms with Gasteiger partial charge in [-0.15, -0.1) is 11.3 Å². The van der Waals surface area contributed by atoms with E-state index in [1.807, 2.05) is 11.3 Å². The van der Waals surface area contributed by atoms with E-state index in [0.717, 1.165) is 26.1 Å². The number of aliphatic hydroxyl groups is 1. The Hall–Kier alpha value is -1.20. The summed E-state index contributed by atoms with van der Waals surface area (Å²) in [5.74, 6) is 0. The predicted molar refractivity (Wildman–Crippen MR) is 94.8 cm³/mol. The third kappa shape index (κ3) is 4.42. The van der Waals surface area contributed by atoms with Crippen molar-refractivity contribution in [3.05, 3.63) is 57.8 Å². The van der Waals surface area contributed by atoms with E-state index in [2.05, 4.69) is 54.3 Å². The Morgan fingerprint density at radius 2 is 1.96 bits per heavy atom. The second-order valence-corrected chi connectivity index (χ2v) is 7.98. The summed E-state index contributed by atoms with van der Waals surface area (Å²) >= 11 is 1.86. The fourth-order valence-corrected chi connectivity index (χ4v) is 3.97. The number of aliphatic hydroxyl groups excluding tert-OH is 1. The van der Waals surface area contributed by atoms with Gasteiger partial charge < -0.3 is 9.84 Å². The van der Waals surface area contributed by atoms with Crippen LogP contribution < -0.4 is 0 Å². The number of benzene rings is 1. The van der Waals surface area contributed by atoms with Crippen LogP contribution in [0, 0.1) is 12.3 Å². The molecule has 2 aromatic rings. The lowest BCUT2D eigenvalue weighted by Crippen LogP contribution is -2.53. The first-order valence-corrected chi connectivity index (χ1v) is 9.01. The Bertz CT molecular complexity index is 601. The zero-order chi connectivity index (χ0) is 16.1. The Morgan fingerprint density at radius 1 is 1.17 bits per heavy atom. The van der Waals surface area contributed by atoms with E-state index < -0.39 is 0 Å². The molecular weight excluding hydrogens is 306 g/mol. The number of rotatable bonds is 8. The van der Waals surface area contributed by atoms with Crippen molar-refractivity contribution in [3.63, 3.8) is 0 Å². The van der Waals surface area contributed by atoms with Crippen molar-refractivity contribution in [1.29, 1.82) is 0 Å². The molecule has 2 heterocycles. The number of ether oxygens (including phenoxy) is 1. The lowest BCUT2D eigenvalue weighted by molar-refractivity contribution is -0.149. The van der Waals surface area contributed by atoms with Gasteiger partial charge in [0, 0.05) is 29.4 Å². The van der Waals surface area contributed by atoms with Crippen LogP contribution >= 0.6 is 11.3 Å². The highest BCUT2D eigenvalue weighted by molar-refractivity contribution is 7.11. The monoisotopic (exact) mass is 331 g/mol. The highest BCUT2D eigenvalue weighted by Crippen LogP contribution is 2.29. The summed E-state index contributed by atoms with van der Waals surface area (Å²) in [6.45, 7) is 6.56. The first kappa shape index (κ1) is 16.7. The van der Waals surface area contributed by atoms with E-state index in [9.17, 15) is 5.11 Å². The molecule has 3 nitrogen and oxygen atoms in total. The minimum Gasteiger partial charge on any atom is -0.396 e. The number of hydrogen-bond acceptors (Lipinski definition) is 4. The molecule has 4 heteroatoms. The van der Waals surface area contributed by atoms with Gasteiger partial charge >= 0.3 is 0 Å². The molecule has 0 atom stereocenters. The van der Waals surface area contributed by atoms with Gasteiger partial charge in [0.15, 0.2) is 0 Å². The van der Waals surface area contributed by atoms with Crippen molar-refractivity contribution in [2.75, 3.05) is 32.9 Å². The van der Waals surface area contributed by atoms with Crippen LogP contribution in [0.25, 0.3) is 0 Å². The van der Waals surface area contributed by atoms with Crippen molar-refractivity contribution in [1.82, 2.24) is 4.90 Å². The molecule has 0 aliphatic carbocycles. The first-order chi connectivity index (χ1) is 11.2. The molecule has 1 fully saturated rings. The van der Waals surface area contributed by atoms with Crippen molar-refractivity contribution in [3.8, 4) is 0 Å². The first-order valence-electron chi connectivity index (χ1n) is 8.19. The van der Waals surface area contributed by atoms with Crippen LogP contribution in [0.3, 0.4) is 0 Å². The summed E-state index contributed by atoms with van der Waals surface area (Å²) in [5, 5.41) is 9.74. The van der Waals surface area contributed by atoms with Gasteiger partial charge in [-0.3, -0.25) is 4.90 Å². The lowest BCUT2D eigenvalue weighted by atomic mass is 9.86. The van der Waals surface area contributed by atoms with Crippen molar-refractivity contribution < 1.29 is 9.84 Å². The molecule has 1 N–H and O–H groups in total. The molecule has 0 spiro atoms. The number of thiophene rings is 1.